The van der Waals surface area contributed by atoms with Gasteiger partial charge in [-0.05, 0) is 38.5 Å². The van der Waals surface area contributed by atoms with Crippen molar-refractivity contribution in [3.05, 3.63) is 17.0 Å². The number of hydrogen-bond acceptors (Lipinski definition) is 4. The second-order valence-electron chi connectivity index (χ2n) is 5.68. The molecule has 5 heteroatoms. The molecule has 1 aromatic heterocycles. The molecule has 0 amide bonds. The Hall–Kier alpha value is -0.870. The zero-order chi connectivity index (χ0) is 12.8. The average Bonchev–Trinajstić information content (AvgIpc) is 3.19. The van der Waals surface area contributed by atoms with Crippen LogP contribution in [0.5, 0.6) is 0 Å². The third kappa shape index (κ3) is 2.45. The van der Waals surface area contributed by atoms with E-state index in [1.54, 1.807) is 6.07 Å². The van der Waals surface area contributed by atoms with Crippen molar-refractivity contribution < 1.29 is 5.11 Å². The highest BCUT2D eigenvalue weighted by molar-refractivity contribution is 6.29. The molecule has 98 valence electrons. The standard InChI is InChI=1S/C13H18ClN3O/c1-13(7-18,9-4-5-9)17-11-6-10(14)15-12(16-11)8-2-3-8/h6,8-9,18H,2-5,7H2,1H3,(H,15,16,17). The number of hydrogen-bond donors (Lipinski definition) is 2. The summed E-state index contributed by atoms with van der Waals surface area (Å²) in [5.74, 6) is 2.58. The van der Waals surface area contributed by atoms with E-state index in [1.807, 2.05) is 6.92 Å². The molecule has 2 fully saturated rings. The van der Waals surface area contributed by atoms with Gasteiger partial charge in [0, 0.05) is 12.0 Å². The molecule has 1 aromatic rings. The van der Waals surface area contributed by atoms with E-state index in [0.29, 0.717) is 17.0 Å². The molecule has 18 heavy (non-hydrogen) atoms. The van der Waals surface area contributed by atoms with Crippen molar-refractivity contribution in [1.82, 2.24) is 9.97 Å². The Morgan fingerprint density at radius 1 is 1.39 bits per heavy atom. The number of aliphatic hydroxyl groups is 1. The smallest absolute Gasteiger partial charge is 0.135 e. The molecule has 0 aliphatic heterocycles. The van der Waals surface area contributed by atoms with Crippen LogP contribution in [0.25, 0.3) is 0 Å². The Kier molecular flexibility index (Phi) is 2.94. The van der Waals surface area contributed by atoms with Crippen LogP contribution in [-0.2, 0) is 0 Å². The van der Waals surface area contributed by atoms with Gasteiger partial charge in [0.1, 0.15) is 16.8 Å². The number of nitrogens with zero attached hydrogens (tertiary/aromatic N) is 2. The first-order chi connectivity index (χ1) is 8.60. The Morgan fingerprint density at radius 3 is 2.67 bits per heavy atom. The maximum atomic E-state index is 9.58. The van der Waals surface area contributed by atoms with Crippen molar-refractivity contribution >= 4 is 17.4 Å². The molecule has 2 N–H and O–H groups in total. The minimum Gasteiger partial charge on any atom is -0.394 e. The van der Waals surface area contributed by atoms with Crippen LogP contribution in [0.4, 0.5) is 5.82 Å². The number of rotatable bonds is 5. The molecule has 0 radical (unpaired) electrons. The van der Waals surface area contributed by atoms with Crippen LogP contribution < -0.4 is 5.32 Å². The maximum absolute atomic E-state index is 9.58. The number of nitrogens with one attached hydrogen (secondary N) is 1. The molecule has 2 aliphatic carbocycles. The van der Waals surface area contributed by atoms with Gasteiger partial charge in [-0.3, -0.25) is 0 Å². The van der Waals surface area contributed by atoms with E-state index in [4.69, 9.17) is 11.6 Å². The number of aliphatic hydroxyl groups excluding tert-OH is 1. The largest absolute Gasteiger partial charge is 0.394 e. The molecular formula is C13H18ClN3O. The average molecular weight is 268 g/mol. The van der Waals surface area contributed by atoms with Gasteiger partial charge < -0.3 is 10.4 Å². The van der Waals surface area contributed by atoms with Gasteiger partial charge >= 0.3 is 0 Å². The van der Waals surface area contributed by atoms with Gasteiger partial charge in [0.15, 0.2) is 0 Å². The van der Waals surface area contributed by atoms with Crippen molar-refractivity contribution in [3.8, 4) is 0 Å². The van der Waals surface area contributed by atoms with E-state index in [-0.39, 0.29) is 12.1 Å². The van der Waals surface area contributed by atoms with Crippen LogP contribution in [0, 0.1) is 5.92 Å². The highest BCUT2D eigenvalue weighted by Crippen LogP contribution is 2.42. The van der Waals surface area contributed by atoms with Gasteiger partial charge in [-0.25, -0.2) is 9.97 Å². The zero-order valence-corrected chi connectivity index (χ0v) is 11.2. The van der Waals surface area contributed by atoms with Crippen LogP contribution in [0.3, 0.4) is 0 Å². The van der Waals surface area contributed by atoms with Crippen LogP contribution in [-0.4, -0.2) is 27.2 Å². The fraction of sp³-hybridized carbons (Fsp3) is 0.692. The Morgan fingerprint density at radius 2 is 2.11 bits per heavy atom. The molecule has 2 aliphatic rings. The lowest BCUT2D eigenvalue weighted by Crippen LogP contribution is -2.41. The fourth-order valence-corrected chi connectivity index (χ4v) is 2.50. The quantitative estimate of drug-likeness (QED) is 0.805. The van der Waals surface area contributed by atoms with Gasteiger partial charge in [-0.15, -0.1) is 0 Å². The van der Waals surface area contributed by atoms with E-state index in [0.717, 1.165) is 24.5 Å². The molecular weight excluding hydrogens is 250 g/mol. The first-order valence-electron chi connectivity index (χ1n) is 6.54. The summed E-state index contributed by atoms with van der Waals surface area (Å²) in [6.07, 6.45) is 4.63. The number of anilines is 1. The molecule has 1 unspecified atom stereocenters. The van der Waals surface area contributed by atoms with Crippen molar-refractivity contribution in [2.24, 2.45) is 5.92 Å². The lowest BCUT2D eigenvalue weighted by atomic mass is 9.97. The minimum atomic E-state index is -0.293. The van der Waals surface area contributed by atoms with E-state index >= 15 is 0 Å². The predicted molar refractivity (Wildman–Crippen MR) is 70.9 cm³/mol. The van der Waals surface area contributed by atoms with Crippen LogP contribution in [0.1, 0.15) is 44.3 Å². The van der Waals surface area contributed by atoms with E-state index in [1.165, 1.54) is 12.8 Å². The summed E-state index contributed by atoms with van der Waals surface area (Å²) >= 11 is 6.04. The van der Waals surface area contributed by atoms with Gasteiger partial charge in [0.25, 0.3) is 0 Å². The first-order valence-corrected chi connectivity index (χ1v) is 6.92. The highest BCUT2D eigenvalue weighted by atomic mass is 35.5. The Labute approximate surface area is 112 Å². The van der Waals surface area contributed by atoms with Crippen molar-refractivity contribution in [2.75, 3.05) is 11.9 Å². The van der Waals surface area contributed by atoms with E-state index in [9.17, 15) is 5.11 Å². The summed E-state index contributed by atoms with van der Waals surface area (Å²) in [6.45, 7) is 2.15. The zero-order valence-electron chi connectivity index (χ0n) is 10.5. The second-order valence-corrected chi connectivity index (χ2v) is 6.07. The lowest BCUT2D eigenvalue weighted by molar-refractivity contribution is 0.205. The molecule has 0 spiro atoms. The third-order valence-corrected chi connectivity index (χ3v) is 4.07. The van der Waals surface area contributed by atoms with Gasteiger partial charge in [0.05, 0.1) is 12.1 Å². The number of halogens is 1. The highest BCUT2D eigenvalue weighted by Gasteiger charge is 2.41. The second kappa shape index (κ2) is 4.35. The first kappa shape index (κ1) is 12.2. The van der Waals surface area contributed by atoms with Gasteiger partial charge in [-0.1, -0.05) is 11.6 Å². The predicted octanol–water partition coefficient (Wildman–Crippen LogP) is 2.58. The Balaban J connectivity index is 1.82. The molecule has 0 aromatic carbocycles. The molecule has 0 bridgehead atoms. The SMILES string of the molecule is CC(CO)(Nc1cc(Cl)nc(C2CC2)n1)C1CC1. The molecule has 2 saturated carbocycles. The van der Waals surface area contributed by atoms with Gasteiger partial charge in [0.2, 0.25) is 0 Å². The molecule has 4 nitrogen and oxygen atoms in total. The van der Waals surface area contributed by atoms with Gasteiger partial charge in [-0.2, -0.15) is 0 Å². The summed E-state index contributed by atoms with van der Waals surface area (Å²) in [6, 6.07) is 1.74. The van der Waals surface area contributed by atoms with Crippen molar-refractivity contribution in [1.29, 1.82) is 0 Å². The summed E-state index contributed by atoms with van der Waals surface area (Å²) < 4.78 is 0. The maximum Gasteiger partial charge on any atom is 0.135 e. The monoisotopic (exact) mass is 267 g/mol. The fourth-order valence-electron chi connectivity index (χ4n) is 2.31. The minimum absolute atomic E-state index is 0.109. The molecule has 1 heterocycles. The number of aromatic nitrogens is 2. The van der Waals surface area contributed by atoms with Crippen molar-refractivity contribution in [2.45, 2.75) is 44.1 Å². The summed E-state index contributed by atoms with van der Waals surface area (Å²) in [5.41, 5.74) is -0.293. The van der Waals surface area contributed by atoms with E-state index in [2.05, 4.69) is 15.3 Å². The summed E-state index contributed by atoms with van der Waals surface area (Å²) in [7, 11) is 0. The topological polar surface area (TPSA) is 58.0 Å². The third-order valence-electron chi connectivity index (χ3n) is 3.88. The summed E-state index contributed by atoms with van der Waals surface area (Å²) in [4.78, 5) is 8.78. The summed E-state index contributed by atoms with van der Waals surface area (Å²) in [5, 5.41) is 13.4. The molecule has 0 saturated heterocycles. The van der Waals surface area contributed by atoms with Crippen LogP contribution >= 0.6 is 11.6 Å². The van der Waals surface area contributed by atoms with Crippen molar-refractivity contribution in [3.63, 3.8) is 0 Å². The molecule has 3 rings (SSSR count). The molecule has 1 atom stereocenters. The lowest BCUT2D eigenvalue weighted by Gasteiger charge is -2.29. The normalized spacial score (nSPS) is 22.6. The van der Waals surface area contributed by atoms with E-state index < -0.39 is 0 Å². The Bertz CT molecular complexity index is 460. The van der Waals surface area contributed by atoms with Crippen LogP contribution in [0.15, 0.2) is 6.07 Å². The van der Waals surface area contributed by atoms with Crippen LogP contribution in [0.2, 0.25) is 5.15 Å².